The van der Waals surface area contributed by atoms with Crippen LogP contribution in [0.2, 0.25) is 0 Å². The standard InChI is InChI=1S/C14H17FN4/c1-4-12-18-13(9(3)14(19-12)17-5-2)10-6-11(15)8-16-7-10/h6-8H,4-5H2,1-3H3,(H,17,18,19). The molecule has 1 N–H and O–H groups in total. The fourth-order valence-electron chi connectivity index (χ4n) is 1.88. The van der Waals surface area contributed by atoms with Gasteiger partial charge in [-0.05, 0) is 19.9 Å². The lowest BCUT2D eigenvalue weighted by molar-refractivity contribution is 0.622. The molecule has 0 saturated heterocycles. The summed E-state index contributed by atoms with van der Waals surface area (Å²) in [5, 5.41) is 3.21. The van der Waals surface area contributed by atoms with Crippen molar-refractivity contribution in [2.75, 3.05) is 11.9 Å². The third-order valence-corrected chi connectivity index (χ3v) is 2.83. The molecule has 0 aliphatic carbocycles. The Morgan fingerprint density at radius 2 is 2.00 bits per heavy atom. The van der Waals surface area contributed by atoms with E-state index in [1.165, 1.54) is 12.3 Å². The Hall–Kier alpha value is -2.04. The zero-order chi connectivity index (χ0) is 13.8. The molecule has 0 aromatic carbocycles. The molecule has 2 heterocycles. The molecule has 0 fully saturated rings. The summed E-state index contributed by atoms with van der Waals surface area (Å²) in [6, 6.07) is 1.44. The first-order chi connectivity index (χ1) is 9.15. The van der Waals surface area contributed by atoms with Gasteiger partial charge in [0.1, 0.15) is 17.5 Å². The van der Waals surface area contributed by atoms with E-state index in [1.54, 1.807) is 6.20 Å². The van der Waals surface area contributed by atoms with Crippen LogP contribution in [0.15, 0.2) is 18.5 Å². The maximum Gasteiger partial charge on any atom is 0.142 e. The lowest BCUT2D eigenvalue weighted by atomic mass is 10.1. The van der Waals surface area contributed by atoms with Gasteiger partial charge in [0.2, 0.25) is 0 Å². The van der Waals surface area contributed by atoms with Crippen LogP contribution in [0.1, 0.15) is 25.2 Å². The molecule has 0 unspecified atom stereocenters. The number of aromatic nitrogens is 3. The van der Waals surface area contributed by atoms with Crippen molar-refractivity contribution in [3.8, 4) is 11.3 Å². The van der Waals surface area contributed by atoms with Crippen LogP contribution in [-0.4, -0.2) is 21.5 Å². The second kappa shape index (κ2) is 5.73. The molecule has 0 amide bonds. The van der Waals surface area contributed by atoms with Gasteiger partial charge in [-0.15, -0.1) is 0 Å². The first kappa shape index (κ1) is 13.4. The Bertz CT molecular complexity index is 584. The van der Waals surface area contributed by atoms with Crippen LogP contribution in [0.4, 0.5) is 10.2 Å². The van der Waals surface area contributed by atoms with E-state index >= 15 is 0 Å². The number of nitrogens with zero attached hydrogens (tertiary/aromatic N) is 3. The summed E-state index contributed by atoms with van der Waals surface area (Å²) in [7, 11) is 0. The average molecular weight is 260 g/mol. The van der Waals surface area contributed by atoms with Gasteiger partial charge in [0.15, 0.2) is 0 Å². The molecule has 2 rings (SSSR count). The molecule has 0 bridgehead atoms. The van der Waals surface area contributed by atoms with Gasteiger partial charge >= 0.3 is 0 Å². The molecule has 0 spiro atoms. The van der Waals surface area contributed by atoms with Crippen molar-refractivity contribution >= 4 is 5.82 Å². The molecule has 0 aliphatic heterocycles. The second-order valence-electron chi connectivity index (χ2n) is 4.24. The Morgan fingerprint density at radius 3 is 2.63 bits per heavy atom. The first-order valence-electron chi connectivity index (χ1n) is 6.38. The largest absolute Gasteiger partial charge is 0.370 e. The minimum absolute atomic E-state index is 0.362. The summed E-state index contributed by atoms with van der Waals surface area (Å²) < 4.78 is 13.3. The molecule has 0 atom stereocenters. The predicted octanol–water partition coefficient (Wildman–Crippen LogP) is 2.98. The maximum atomic E-state index is 13.3. The smallest absolute Gasteiger partial charge is 0.142 e. The first-order valence-corrected chi connectivity index (χ1v) is 6.38. The number of anilines is 1. The minimum Gasteiger partial charge on any atom is -0.370 e. The van der Waals surface area contributed by atoms with Crippen molar-refractivity contribution in [2.45, 2.75) is 27.2 Å². The summed E-state index contributed by atoms with van der Waals surface area (Å²) in [5.74, 6) is 1.17. The summed E-state index contributed by atoms with van der Waals surface area (Å²) >= 11 is 0. The molecular formula is C14H17FN4. The lowest BCUT2D eigenvalue weighted by Gasteiger charge is -2.12. The van der Waals surface area contributed by atoms with Gasteiger partial charge in [-0.25, -0.2) is 14.4 Å². The Kier molecular flexibility index (Phi) is 4.04. The average Bonchev–Trinajstić information content (AvgIpc) is 2.41. The quantitative estimate of drug-likeness (QED) is 0.918. The number of hydrogen-bond acceptors (Lipinski definition) is 4. The highest BCUT2D eigenvalue weighted by Gasteiger charge is 2.12. The van der Waals surface area contributed by atoms with Crippen LogP contribution in [0.3, 0.4) is 0 Å². The highest BCUT2D eigenvalue weighted by atomic mass is 19.1. The van der Waals surface area contributed by atoms with E-state index in [2.05, 4.69) is 20.3 Å². The molecule has 100 valence electrons. The molecule has 0 saturated carbocycles. The van der Waals surface area contributed by atoms with Gasteiger partial charge < -0.3 is 5.32 Å². The molecule has 4 nitrogen and oxygen atoms in total. The Morgan fingerprint density at radius 1 is 1.21 bits per heavy atom. The van der Waals surface area contributed by atoms with Crippen LogP contribution in [0.5, 0.6) is 0 Å². The summed E-state index contributed by atoms with van der Waals surface area (Å²) in [4.78, 5) is 12.8. The maximum absolute atomic E-state index is 13.3. The normalized spacial score (nSPS) is 10.5. The van der Waals surface area contributed by atoms with Gasteiger partial charge in [-0.3, -0.25) is 4.98 Å². The molecule has 2 aromatic rings. The predicted molar refractivity (Wildman–Crippen MR) is 73.5 cm³/mol. The molecule has 0 aliphatic rings. The van der Waals surface area contributed by atoms with Crippen LogP contribution >= 0.6 is 0 Å². The van der Waals surface area contributed by atoms with Crippen molar-refractivity contribution in [1.29, 1.82) is 0 Å². The van der Waals surface area contributed by atoms with E-state index in [4.69, 9.17) is 0 Å². The Balaban J connectivity index is 2.58. The second-order valence-corrected chi connectivity index (χ2v) is 4.24. The van der Waals surface area contributed by atoms with Crippen LogP contribution < -0.4 is 5.32 Å². The van der Waals surface area contributed by atoms with E-state index in [0.29, 0.717) is 5.56 Å². The molecule has 0 radical (unpaired) electrons. The van der Waals surface area contributed by atoms with Crippen molar-refractivity contribution in [3.63, 3.8) is 0 Å². The number of rotatable bonds is 4. The van der Waals surface area contributed by atoms with Crippen molar-refractivity contribution in [2.24, 2.45) is 0 Å². The van der Waals surface area contributed by atoms with Crippen LogP contribution in [-0.2, 0) is 6.42 Å². The van der Waals surface area contributed by atoms with E-state index in [9.17, 15) is 4.39 Å². The lowest BCUT2D eigenvalue weighted by Crippen LogP contribution is -2.07. The fraction of sp³-hybridized carbons (Fsp3) is 0.357. The zero-order valence-corrected chi connectivity index (χ0v) is 11.4. The SMILES string of the molecule is CCNc1nc(CC)nc(-c2cncc(F)c2)c1C. The Labute approximate surface area is 112 Å². The van der Waals surface area contributed by atoms with E-state index in [-0.39, 0.29) is 5.82 Å². The van der Waals surface area contributed by atoms with E-state index in [0.717, 1.165) is 35.9 Å². The number of hydrogen-bond donors (Lipinski definition) is 1. The van der Waals surface area contributed by atoms with Gasteiger partial charge in [0.25, 0.3) is 0 Å². The van der Waals surface area contributed by atoms with Gasteiger partial charge in [-0.2, -0.15) is 0 Å². The van der Waals surface area contributed by atoms with Gasteiger partial charge in [0, 0.05) is 30.3 Å². The highest BCUT2D eigenvalue weighted by molar-refractivity contribution is 5.67. The number of aryl methyl sites for hydroxylation is 1. The van der Waals surface area contributed by atoms with Gasteiger partial charge in [0.05, 0.1) is 11.9 Å². The molecular weight excluding hydrogens is 243 g/mol. The summed E-state index contributed by atoms with van der Waals surface area (Å²) in [6.45, 7) is 6.71. The van der Waals surface area contributed by atoms with Gasteiger partial charge in [-0.1, -0.05) is 6.92 Å². The molecule has 19 heavy (non-hydrogen) atoms. The summed E-state index contributed by atoms with van der Waals surface area (Å²) in [6.07, 6.45) is 3.54. The third-order valence-electron chi connectivity index (χ3n) is 2.83. The topological polar surface area (TPSA) is 50.7 Å². The molecule has 5 heteroatoms. The summed E-state index contributed by atoms with van der Waals surface area (Å²) in [5.41, 5.74) is 2.31. The monoisotopic (exact) mass is 260 g/mol. The minimum atomic E-state index is -0.362. The van der Waals surface area contributed by atoms with Crippen molar-refractivity contribution in [1.82, 2.24) is 15.0 Å². The third kappa shape index (κ3) is 2.86. The zero-order valence-electron chi connectivity index (χ0n) is 11.4. The fourth-order valence-corrected chi connectivity index (χ4v) is 1.88. The highest BCUT2D eigenvalue weighted by Crippen LogP contribution is 2.25. The van der Waals surface area contributed by atoms with Crippen molar-refractivity contribution in [3.05, 3.63) is 35.7 Å². The molecule has 2 aromatic heterocycles. The van der Waals surface area contributed by atoms with E-state index in [1.807, 2.05) is 20.8 Å². The van der Waals surface area contributed by atoms with Crippen LogP contribution in [0.25, 0.3) is 11.3 Å². The number of halogens is 1. The number of pyridine rings is 1. The van der Waals surface area contributed by atoms with E-state index < -0.39 is 0 Å². The van der Waals surface area contributed by atoms with Crippen LogP contribution in [0, 0.1) is 12.7 Å². The number of nitrogens with one attached hydrogen (secondary N) is 1. The van der Waals surface area contributed by atoms with Crippen molar-refractivity contribution < 1.29 is 4.39 Å².